The lowest BCUT2D eigenvalue weighted by Gasteiger charge is -2.18. The summed E-state index contributed by atoms with van der Waals surface area (Å²) in [6.45, 7) is 6.21. The molecular weight excluding hydrogens is 375 g/mol. The predicted molar refractivity (Wildman–Crippen MR) is 130 cm³/mol. The predicted octanol–water partition coefficient (Wildman–Crippen LogP) is 8.94. The molecule has 3 heteroatoms. The summed E-state index contributed by atoms with van der Waals surface area (Å²) in [5, 5.41) is 1.21. The Morgan fingerprint density at radius 2 is 0.897 bits per heavy atom. The number of rotatable bonds is 21. The third-order valence-electron chi connectivity index (χ3n) is 5.38. The van der Waals surface area contributed by atoms with E-state index in [0.717, 1.165) is 26.1 Å². The van der Waals surface area contributed by atoms with Crippen LogP contribution in [0.2, 0.25) is 0 Å². The van der Waals surface area contributed by atoms with Crippen molar-refractivity contribution in [1.29, 1.82) is 0 Å². The molecule has 1 rings (SSSR count). The molecule has 2 nitrogen and oxygen atoms in total. The summed E-state index contributed by atoms with van der Waals surface area (Å²) in [7, 11) is -0.921. The van der Waals surface area contributed by atoms with Gasteiger partial charge in [0.2, 0.25) is 8.38 Å². The van der Waals surface area contributed by atoms with E-state index in [9.17, 15) is 0 Å². The third kappa shape index (κ3) is 16.0. The van der Waals surface area contributed by atoms with Crippen LogP contribution >= 0.6 is 8.38 Å². The van der Waals surface area contributed by atoms with Gasteiger partial charge >= 0.3 is 0 Å². The van der Waals surface area contributed by atoms with E-state index in [1.165, 1.54) is 95.2 Å². The van der Waals surface area contributed by atoms with E-state index < -0.39 is 8.38 Å². The van der Waals surface area contributed by atoms with E-state index >= 15 is 0 Å². The van der Waals surface area contributed by atoms with Crippen molar-refractivity contribution in [1.82, 2.24) is 0 Å². The van der Waals surface area contributed by atoms with Gasteiger partial charge in [0.05, 0.1) is 13.2 Å². The second-order valence-corrected chi connectivity index (χ2v) is 9.76. The molecule has 29 heavy (non-hydrogen) atoms. The van der Waals surface area contributed by atoms with Crippen LogP contribution in [0, 0.1) is 0 Å². The average Bonchev–Trinajstić information content (AvgIpc) is 2.76. The lowest BCUT2D eigenvalue weighted by atomic mass is 10.1. The Morgan fingerprint density at radius 1 is 0.517 bits per heavy atom. The molecule has 0 aliphatic heterocycles. The molecule has 0 fully saturated rings. The fourth-order valence-electron chi connectivity index (χ4n) is 3.50. The van der Waals surface area contributed by atoms with E-state index in [1.807, 2.05) is 0 Å². The molecule has 0 heterocycles. The first-order valence-electron chi connectivity index (χ1n) is 12.5. The first-order valence-corrected chi connectivity index (χ1v) is 13.7. The Hall–Kier alpha value is -0.430. The number of hydrogen-bond donors (Lipinski definition) is 0. The Labute approximate surface area is 183 Å². The molecule has 0 saturated heterocycles. The van der Waals surface area contributed by atoms with Gasteiger partial charge in [-0.2, -0.15) is 0 Å². The van der Waals surface area contributed by atoms with Crippen LogP contribution in [0.5, 0.6) is 0 Å². The van der Waals surface area contributed by atoms with Crippen molar-refractivity contribution in [3.63, 3.8) is 0 Å². The van der Waals surface area contributed by atoms with E-state index in [2.05, 4.69) is 44.2 Å². The summed E-state index contributed by atoms with van der Waals surface area (Å²) in [5.74, 6) is 0. The van der Waals surface area contributed by atoms with Gasteiger partial charge in [0, 0.05) is 5.30 Å². The monoisotopic (exact) mass is 422 g/mol. The van der Waals surface area contributed by atoms with Crippen LogP contribution in [0.25, 0.3) is 0 Å². The highest BCUT2D eigenvalue weighted by atomic mass is 31.2. The largest absolute Gasteiger partial charge is 0.331 e. The highest BCUT2D eigenvalue weighted by Crippen LogP contribution is 2.37. The van der Waals surface area contributed by atoms with E-state index in [-0.39, 0.29) is 0 Å². The summed E-state index contributed by atoms with van der Waals surface area (Å²) < 4.78 is 12.4. The summed E-state index contributed by atoms with van der Waals surface area (Å²) >= 11 is 0. The molecular formula is C26H47O2P. The molecule has 0 bridgehead atoms. The van der Waals surface area contributed by atoms with Crippen LogP contribution in [-0.2, 0) is 9.05 Å². The molecule has 0 aliphatic carbocycles. The van der Waals surface area contributed by atoms with Gasteiger partial charge in [0.15, 0.2) is 0 Å². The SMILES string of the molecule is CCCCCCCCCCOP(OCCCCCCCCCC)c1ccccc1. The van der Waals surface area contributed by atoms with Gasteiger partial charge in [-0.3, -0.25) is 0 Å². The molecule has 0 N–H and O–H groups in total. The van der Waals surface area contributed by atoms with Crippen molar-refractivity contribution in [2.24, 2.45) is 0 Å². The molecule has 0 amide bonds. The molecule has 0 aromatic heterocycles. The zero-order chi connectivity index (χ0) is 20.8. The first-order chi connectivity index (χ1) is 14.4. The lowest BCUT2D eigenvalue weighted by molar-refractivity contribution is 0.246. The average molecular weight is 423 g/mol. The fourth-order valence-corrected chi connectivity index (χ4v) is 4.88. The number of hydrogen-bond acceptors (Lipinski definition) is 2. The second kappa shape index (κ2) is 20.8. The van der Waals surface area contributed by atoms with Crippen LogP contribution in [0.15, 0.2) is 30.3 Å². The molecule has 0 radical (unpaired) electrons. The Kier molecular flexibility index (Phi) is 19.1. The van der Waals surface area contributed by atoms with Crippen LogP contribution in [0.3, 0.4) is 0 Å². The molecule has 0 aliphatic rings. The van der Waals surface area contributed by atoms with Gasteiger partial charge in [0.1, 0.15) is 0 Å². The first kappa shape index (κ1) is 26.6. The number of benzene rings is 1. The highest BCUT2D eigenvalue weighted by molar-refractivity contribution is 7.56. The van der Waals surface area contributed by atoms with Gasteiger partial charge in [0.25, 0.3) is 0 Å². The maximum Gasteiger partial charge on any atom is 0.205 e. The van der Waals surface area contributed by atoms with Crippen molar-refractivity contribution in [2.45, 2.75) is 117 Å². The van der Waals surface area contributed by atoms with E-state index in [1.54, 1.807) is 0 Å². The third-order valence-corrected chi connectivity index (χ3v) is 6.93. The van der Waals surface area contributed by atoms with E-state index in [0.29, 0.717) is 0 Å². The van der Waals surface area contributed by atoms with Crippen molar-refractivity contribution >= 4 is 13.7 Å². The topological polar surface area (TPSA) is 18.5 Å². The minimum Gasteiger partial charge on any atom is -0.331 e. The molecule has 1 aromatic carbocycles. The lowest BCUT2D eigenvalue weighted by Crippen LogP contribution is -2.07. The standard InChI is InChI=1S/C26H47O2P/c1-3-5-7-9-11-13-15-20-24-27-29(26-22-18-17-19-23-26)28-25-21-16-14-12-10-8-6-4-2/h17-19,22-23H,3-16,20-21,24-25H2,1-2H3. The summed E-state index contributed by atoms with van der Waals surface area (Å²) in [5.41, 5.74) is 0. The minimum absolute atomic E-state index is 0.826. The zero-order valence-electron chi connectivity index (χ0n) is 19.4. The molecule has 0 saturated carbocycles. The Bertz CT molecular complexity index is 416. The summed E-state index contributed by atoms with van der Waals surface area (Å²) in [6.07, 6.45) is 21.3. The quantitative estimate of drug-likeness (QED) is 0.145. The van der Waals surface area contributed by atoms with Crippen LogP contribution in [0.1, 0.15) is 117 Å². The highest BCUT2D eigenvalue weighted by Gasteiger charge is 2.13. The van der Waals surface area contributed by atoms with Crippen molar-refractivity contribution in [2.75, 3.05) is 13.2 Å². The Morgan fingerprint density at radius 3 is 1.31 bits per heavy atom. The van der Waals surface area contributed by atoms with Crippen LogP contribution in [-0.4, -0.2) is 13.2 Å². The normalized spacial score (nSPS) is 11.4. The fraction of sp³-hybridized carbons (Fsp3) is 0.769. The molecule has 0 unspecified atom stereocenters. The zero-order valence-corrected chi connectivity index (χ0v) is 20.3. The summed E-state index contributed by atoms with van der Waals surface area (Å²) in [4.78, 5) is 0. The van der Waals surface area contributed by atoms with Crippen LogP contribution < -0.4 is 5.30 Å². The smallest absolute Gasteiger partial charge is 0.205 e. The molecule has 0 spiro atoms. The van der Waals surface area contributed by atoms with E-state index in [4.69, 9.17) is 9.05 Å². The van der Waals surface area contributed by atoms with Gasteiger partial charge in [-0.25, -0.2) is 0 Å². The van der Waals surface area contributed by atoms with Crippen molar-refractivity contribution in [3.8, 4) is 0 Å². The molecule has 168 valence electrons. The van der Waals surface area contributed by atoms with Crippen LogP contribution in [0.4, 0.5) is 0 Å². The van der Waals surface area contributed by atoms with Crippen molar-refractivity contribution in [3.05, 3.63) is 30.3 Å². The maximum atomic E-state index is 6.19. The molecule has 1 aromatic rings. The second-order valence-electron chi connectivity index (χ2n) is 8.21. The maximum absolute atomic E-state index is 6.19. The molecule has 0 atom stereocenters. The van der Waals surface area contributed by atoms with Gasteiger partial charge in [-0.05, 0) is 25.0 Å². The number of unbranched alkanes of at least 4 members (excludes halogenated alkanes) is 14. The summed E-state index contributed by atoms with van der Waals surface area (Å²) in [6, 6.07) is 10.5. The van der Waals surface area contributed by atoms with Gasteiger partial charge < -0.3 is 9.05 Å². The van der Waals surface area contributed by atoms with Crippen molar-refractivity contribution < 1.29 is 9.05 Å². The van der Waals surface area contributed by atoms with Gasteiger partial charge in [-0.1, -0.05) is 122 Å². The van der Waals surface area contributed by atoms with Gasteiger partial charge in [-0.15, -0.1) is 0 Å². The minimum atomic E-state index is -0.921. The Balaban J connectivity index is 2.13.